The van der Waals surface area contributed by atoms with Crippen LogP contribution < -0.4 is 10.6 Å². The maximum atomic E-state index is 12.9. The van der Waals surface area contributed by atoms with Gasteiger partial charge in [-0.25, -0.2) is 9.59 Å². The zero-order valence-electron chi connectivity index (χ0n) is 18.1. The largest absolute Gasteiger partial charge is 0.480 e. The minimum Gasteiger partial charge on any atom is -0.480 e. The van der Waals surface area contributed by atoms with Crippen molar-refractivity contribution in [3.05, 3.63) is 59.7 Å². The summed E-state index contributed by atoms with van der Waals surface area (Å²) in [6.07, 6.45) is 0.579. The number of carbonyl (C=O) groups is 3. The van der Waals surface area contributed by atoms with Crippen molar-refractivity contribution >= 4 is 18.0 Å². The molecule has 2 fully saturated rings. The van der Waals surface area contributed by atoms with E-state index < -0.39 is 29.0 Å². The monoisotopic (exact) mass is 450 g/mol. The lowest BCUT2D eigenvalue weighted by atomic mass is 9.89. The van der Waals surface area contributed by atoms with E-state index >= 15 is 0 Å². The number of benzene rings is 2. The molecule has 2 amide bonds. The molecule has 172 valence electrons. The van der Waals surface area contributed by atoms with Crippen molar-refractivity contribution in [1.82, 2.24) is 10.6 Å². The molecule has 0 spiro atoms. The first-order valence-corrected chi connectivity index (χ1v) is 11.2. The van der Waals surface area contributed by atoms with Crippen LogP contribution in [0.1, 0.15) is 42.7 Å². The van der Waals surface area contributed by atoms with Gasteiger partial charge in [0.15, 0.2) is 0 Å². The fraction of sp³-hybridized carbons (Fsp3) is 0.400. The molecule has 2 aromatic carbocycles. The number of ether oxygens (including phenoxy) is 2. The highest BCUT2D eigenvalue weighted by Crippen LogP contribution is 2.44. The Labute approximate surface area is 191 Å². The molecule has 1 aliphatic heterocycles. The second-order valence-corrected chi connectivity index (χ2v) is 8.99. The number of alkyl carbamates (subject to hydrolysis) is 1. The predicted octanol–water partition coefficient (Wildman–Crippen LogP) is 2.81. The van der Waals surface area contributed by atoms with Crippen molar-refractivity contribution in [2.75, 3.05) is 19.8 Å². The van der Waals surface area contributed by atoms with Gasteiger partial charge in [-0.15, -0.1) is 0 Å². The van der Waals surface area contributed by atoms with Crippen LogP contribution in [-0.4, -0.2) is 54.0 Å². The van der Waals surface area contributed by atoms with E-state index in [0.717, 1.165) is 22.3 Å². The van der Waals surface area contributed by atoms with Gasteiger partial charge in [-0.05, 0) is 35.1 Å². The molecule has 3 N–H and O–H groups in total. The smallest absolute Gasteiger partial charge is 0.408 e. The summed E-state index contributed by atoms with van der Waals surface area (Å²) in [7, 11) is 0. The highest BCUT2D eigenvalue weighted by Gasteiger charge is 2.55. The van der Waals surface area contributed by atoms with Gasteiger partial charge in [-0.2, -0.15) is 0 Å². The molecule has 1 saturated heterocycles. The number of aliphatic carboxylic acids is 1. The number of hydrogen-bond donors (Lipinski definition) is 3. The lowest BCUT2D eigenvalue weighted by molar-refractivity contribution is -0.152. The van der Waals surface area contributed by atoms with Gasteiger partial charge in [0, 0.05) is 32.0 Å². The van der Waals surface area contributed by atoms with E-state index in [2.05, 4.69) is 22.8 Å². The first kappa shape index (κ1) is 21.5. The molecule has 33 heavy (non-hydrogen) atoms. The molecule has 0 bridgehead atoms. The zero-order chi connectivity index (χ0) is 23.1. The number of rotatable bonds is 6. The van der Waals surface area contributed by atoms with Crippen molar-refractivity contribution in [3.63, 3.8) is 0 Å². The van der Waals surface area contributed by atoms with Gasteiger partial charge in [0.2, 0.25) is 5.91 Å². The molecule has 0 radical (unpaired) electrons. The van der Waals surface area contributed by atoms with Gasteiger partial charge in [0.05, 0.1) is 0 Å². The number of carboxylic acid groups (broad SMARTS) is 1. The van der Waals surface area contributed by atoms with Gasteiger partial charge in [-0.1, -0.05) is 48.5 Å². The molecule has 0 aromatic heterocycles. The third kappa shape index (κ3) is 3.84. The number of fused-ring (bicyclic) bond motifs is 3. The molecule has 2 aromatic rings. The van der Waals surface area contributed by atoms with Crippen LogP contribution in [0, 0.1) is 0 Å². The van der Waals surface area contributed by atoms with Gasteiger partial charge in [0.1, 0.15) is 17.7 Å². The summed E-state index contributed by atoms with van der Waals surface area (Å²) < 4.78 is 10.8. The van der Waals surface area contributed by atoms with Crippen LogP contribution in [0.2, 0.25) is 0 Å². The Morgan fingerprint density at radius 2 is 1.45 bits per heavy atom. The number of carboxylic acids is 1. The summed E-state index contributed by atoms with van der Waals surface area (Å²) in [4.78, 5) is 37.4. The Balaban J connectivity index is 1.24. The standard InChI is InChI=1S/C25H26N2O6/c28-21(26-25(22(29)30)11-13-32-14-12-25)24(9-10-24)27-23(31)33-15-20-18-7-3-1-5-16(18)17-6-2-4-8-19(17)20/h1-8,20H,9-15H2,(H,26,28)(H,27,31)(H,29,30). The molecule has 1 saturated carbocycles. The fourth-order valence-corrected chi connectivity index (χ4v) is 4.81. The number of carbonyl (C=O) groups excluding carboxylic acids is 2. The van der Waals surface area contributed by atoms with E-state index in [1.54, 1.807) is 0 Å². The Morgan fingerprint density at radius 1 is 0.879 bits per heavy atom. The van der Waals surface area contributed by atoms with Crippen molar-refractivity contribution in [2.45, 2.75) is 42.7 Å². The van der Waals surface area contributed by atoms with Gasteiger partial charge >= 0.3 is 12.1 Å². The lowest BCUT2D eigenvalue weighted by Gasteiger charge is -2.35. The topological polar surface area (TPSA) is 114 Å². The zero-order valence-corrected chi connectivity index (χ0v) is 18.1. The predicted molar refractivity (Wildman–Crippen MR) is 119 cm³/mol. The van der Waals surface area contributed by atoms with Crippen molar-refractivity contribution < 1.29 is 29.0 Å². The van der Waals surface area contributed by atoms with Crippen molar-refractivity contribution in [1.29, 1.82) is 0 Å². The minimum absolute atomic E-state index is 0.0790. The van der Waals surface area contributed by atoms with Gasteiger partial charge in [-0.3, -0.25) is 4.79 Å². The van der Waals surface area contributed by atoms with Crippen LogP contribution >= 0.6 is 0 Å². The highest BCUT2D eigenvalue weighted by molar-refractivity contribution is 5.96. The molecule has 0 unspecified atom stereocenters. The Morgan fingerprint density at radius 3 is 2.00 bits per heavy atom. The number of nitrogens with one attached hydrogen (secondary N) is 2. The van der Waals surface area contributed by atoms with Crippen LogP contribution in [0.25, 0.3) is 11.1 Å². The van der Waals surface area contributed by atoms with E-state index in [9.17, 15) is 19.5 Å². The molecular weight excluding hydrogens is 424 g/mol. The van der Waals surface area contributed by atoms with E-state index in [1.807, 2.05) is 36.4 Å². The van der Waals surface area contributed by atoms with Crippen LogP contribution in [0.3, 0.4) is 0 Å². The molecule has 0 atom stereocenters. The molecule has 2 aliphatic carbocycles. The summed E-state index contributed by atoms with van der Waals surface area (Å²) in [6, 6.07) is 16.1. The summed E-state index contributed by atoms with van der Waals surface area (Å²) in [5, 5.41) is 15.1. The van der Waals surface area contributed by atoms with Crippen LogP contribution in [-0.2, 0) is 19.1 Å². The molecular formula is C25H26N2O6. The molecule has 5 rings (SSSR count). The third-order valence-electron chi connectivity index (χ3n) is 6.98. The number of amides is 2. The highest BCUT2D eigenvalue weighted by atomic mass is 16.5. The molecule has 8 nitrogen and oxygen atoms in total. The summed E-state index contributed by atoms with van der Waals surface area (Å²) in [6.45, 7) is 0.673. The van der Waals surface area contributed by atoms with Crippen molar-refractivity contribution in [2.24, 2.45) is 0 Å². The minimum atomic E-state index is -1.37. The average molecular weight is 450 g/mol. The van der Waals surface area contributed by atoms with E-state index in [4.69, 9.17) is 9.47 Å². The van der Waals surface area contributed by atoms with Gasteiger partial charge in [0.25, 0.3) is 0 Å². The Hall–Kier alpha value is -3.39. The Kier molecular flexibility index (Phi) is 5.32. The number of hydrogen-bond acceptors (Lipinski definition) is 5. The third-order valence-corrected chi connectivity index (χ3v) is 6.98. The summed E-state index contributed by atoms with van der Waals surface area (Å²) in [5.74, 6) is -1.65. The average Bonchev–Trinajstić information content (AvgIpc) is 3.54. The molecule has 3 aliphatic rings. The first-order valence-electron chi connectivity index (χ1n) is 11.2. The van der Waals surface area contributed by atoms with E-state index in [0.29, 0.717) is 12.8 Å². The Bertz CT molecular complexity index is 1060. The second kappa shape index (κ2) is 8.19. The SMILES string of the molecule is O=C(NC1(C(=O)NC2(C(=O)O)CCOCC2)CC1)OCC1c2ccccc2-c2ccccc21. The van der Waals surface area contributed by atoms with Crippen LogP contribution in [0.4, 0.5) is 4.79 Å². The molecule has 1 heterocycles. The fourth-order valence-electron chi connectivity index (χ4n) is 4.81. The first-order chi connectivity index (χ1) is 15.9. The normalized spacial score (nSPS) is 19.6. The summed E-state index contributed by atoms with van der Waals surface area (Å²) in [5.41, 5.74) is 1.99. The van der Waals surface area contributed by atoms with Crippen molar-refractivity contribution in [3.8, 4) is 11.1 Å². The maximum absolute atomic E-state index is 12.9. The summed E-state index contributed by atoms with van der Waals surface area (Å²) >= 11 is 0. The van der Waals surface area contributed by atoms with E-state index in [-0.39, 0.29) is 38.6 Å². The molecule has 8 heteroatoms. The second-order valence-electron chi connectivity index (χ2n) is 8.99. The van der Waals surface area contributed by atoms with Crippen LogP contribution in [0.15, 0.2) is 48.5 Å². The van der Waals surface area contributed by atoms with Crippen LogP contribution in [0.5, 0.6) is 0 Å². The lowest BCUT2D eigenvalue weighted by Crippen LogP contribution is -2.62. The van der Waals surface area contributed by atoms with Gasteiger partial charge < -0.3 is 25.2 Å². The maximum Gasteiger partial charge on any atom is 0.408 e. The van der Waals surface area contributed by atoms with E-state index in [1.165, 1.54) is 0 Å². The quantitative estimate of drug-likeness (QED) is 0.624.